The number of aryl methyl sites for hydroxylation is 2. The minimum atomic E-state index is -4.08. The smallest absolute Gasteiger partial charge is 0.338 e. The second-order valence-corrected chi connectivity index (χ2v) is 11.5. The van der Waals surface area contributed by atoms with Gasteiger partial charge in [-0.15, -0.1) is 0 Å². The fourth-order valence-electron chi connectivity index (χ4n) is 4.38. The van der Waals surface area contributed by atoms with Crippen LogP contribution in [0.1, 0.15) is 52.6 Å². The van der Waals surface area contributed by atoms with Crippen LogP contribution in [0.25, 0.3) is 11.1 Å². The van der Waals surface area contributed by atoms with Crippen molar-refractivity contribution in [2.45, 2.75) is 23.6 Å². The molecule has 1 aliphatic heterocycles. The Morgan fingerprint density at radius 3 is 1.24 bits per heavy atom. The van der Waals surface area contributed by atoms with E-state index in [1.807, 2.05) is 13.8 Å². The number of fused-ring (bicyclic) bond motifs is 3. The topological polar surface area (TPSA) is 121 Å². The number of ether oxygens (including phenoxy) is 2. The quantitative estimate of drug-likeness (QED) is 0.185. The number of esters is 2. The van der Waals surface area contributed by atoms with E-state index in [0.717, 1.165) is 11.1 Å². The van der Waals surface area contributed by atoms with Gasteiger partial charge < -0.3 is 9.47 Å². The molecule has 0 amide bonds. The van der Waals surface area contributed by atoms with Crippen molar-refractivity contribution in [3.05, 3.63) is 118 Å². The molecule has 1 heterocycles. The van der Waals surface area contributed by atoms with Gasteiger partial charge in [0.15, 0.2) is 24.8 Å². The Bertz CT molecular complexity index is 1690. The summed E-state index contributed by atoms with van der Waals surface area (Å²) in [5, 5.41) is 0. The van der Waals surface area contributed by atoms with Gasteiger partial charge in [-0.05, 0) is 38.1 Å². The molecule has 0 fully saturated rings. The van der Waals surface area contributed by atoms with Crippen LogP contribution in [0.2, 0.25) is 0 Å². The number of rotatable bonds is 8. The number of hydrogen-bond donors (Lipinski definition) is 0. The molecule has 4 aromatic rings. The molecule has 9 heteroatoms. The van der Waals surface area contributed by atoms with Gasteiger partial charge in [0.05, 0.1) is 20.9 Å². The van der Waals surface area contributed by atoms with E-state index < -0.39 is 35.0 Å². The highest BCUT2D eigenvalue weighted by Crippen LogP contribution is 2.44. The first-order valence-electron chi connectivity index (χ1n) is 12.6. The lowest BCUT2D eigenvalue weighted by Gasteiger charge is -2.06. The molecule has 5 rings (SSSR count). The molecule has 0 aliphatic carbocycles. The summed E-state index contributed by atoms with van der Waals surface area (Å²) in [6.07, 6.45) is 0. The van der Waals surface area contributed by atoms with E-state index in [2.05, 4.69) is 0 Å². The van der Waals surface area contributed by atoms with E-state index >= 15 is 0 Å². The Balaban J connectivity index is 1.29. The van der Waals surface area contributed by atoms with Gasteiger partial charge in [0.2, 0.25) is 9.84 Å². The average molecular weight is 569 g/mol. The molecule has 206 valence electrons. The highest BCUT2D eigenvalue weighted by molar-refractivity contribution is 7.92. The van der Waals surface area contributed by atoms with Crippen LogP contribution in [0, 0.1) is 13.8 Å². The molecule has 0 N–H and O–H groups in total. The number of hydrogen-bond acceptors (Lipinski definition) is 8. The largest absolute Gasteiger partial charge is 0.454 e. The van der Waals surface area contributed by atoms with Crippen molar-refractivity contribution in [1.29, 1.82) is 0 Å². The molecule has 1 aliphatic rings. The summed E-state index contributed by atoms with van der Waals surface area (Å²) in [6.45, 7) is 2.78. The summed E-state index contributed by atoms with van der Waals surface area (Å²) in [7, 11) is -4.08. The number of ketones is 2. The van der Waals surface area contributed by atoms with Crippen LogP contribution in [0.3, 0.4) is 0 Å². The molecule has 0 saturated carbocycles. The van der Waals surface area contributed by atoms with Crippen LogP contribution < -0.4 is 0 Å². The molecule has 41 heavy (non-hydrogen) atoms. The summed E-state index contributed by atoms with van der Waals surface area (Å²) in [5.74, 6) is -2.47. The Hall–Kier alpha value is -4.89. The van der Waals surface area contributed by atoms with E-state index in [9.17, 15) is 27.6 Å². The third kappa shape index (κ3) is 5.57. The molecule has 4 aromatic carbocycles. The SMILES string of the molecule is Cc1ccc(C(=O)COC(=O)c2ccc3c(c2)S(=O)(=O)c2cc(C(=O)OCC(=O)c4ccc(C)cc4)ccc2-3)cc1. The number of benzene rings is 4. The lowest BCUT2D eigenvalue weighted by atomic mass is 10.0. The van der Waals surface area contributed by atoms with E-state index in [1.165, 1.54) is 36.4 Å². The van der Waals surface area contributed by atoms with Crippen LogP contribution in [-0.2, 0) is 19.3 Å². The molecular weight excluding hydrogens is 544 g/mol. The molecular formula is C32H24O8S. The Kier molecular flexibility index (Phi) is 7.38. The van der Waals surface area contributed by atoms with Gasteiger partial charge in [0.1, 0.15) is 0 Å². The van der Waals surface area contributed by atoms with Crippen LogP contribution in [0.15, 0.2) is 94.7 Å². The average Bonchev–Trinajstić information content (AvgIpc) is 3.20. The van der Waals surface area contributed by atoms with Crippen LogP contribution in [-0.4, -0.2) is 45.1 Å². The van der Waals surface area contributed by atoms with Gasteiger partial charge in [0, 0.05) is 22.3 Å². The van der Waals surface area contributed by atoms with Crippen molar-refractivity contribution in [2.24, 2.45) is 0 Å². The van der Waals surface area contributed by atoms with Crippen molar-refractivity contribution >= 4 is 33.3 Å². The van der Waals surface area contributed by atoms with Crippen molar-refractivity contribution in [1.82, 2.24) is 0 Å². The van der Waals surface area contributed by atoms with E-state index in [0.29, 0.717) is 22.3 Å². The maximum Gasteiger partial charge on any atom is 0.338 e. The maximum atomic E-state index is 13.4. The van der Waals surface area contributed by atoms with Gasteiger partial charge in [-0.25, -0.2) is 18.0 Å². The normalized spacial score (nSPS) is 12.6. The monoisotopic (exact) mass is 568 g/mol. The molecule has 0 atom stereocenters. The van der Waals surface area contributed by atoms with Crippen molar-refractivity contribution in [2.75, 3.05) is 13.2 Å². The van der Waals surface area contributed by atoms with Gasteiger partial charge >= 0.3 is 11.9 Å². The first kappa shape index (κ1) is 27.7. The summed E-state index contributed by atoms with van der Waals surface area (Å²) < 4.78 is 37.0. The Morgan fingerprint density at radius 2 is 0.878 bits per heavy atom. The van der Waals surface area contributed by atoms with Crippen molar-refractivity contribution < 1.29 is 37.1 Å². The van der Waals surface area contributed by atoms with Gasteiger partial charge in [0.25, 0.3) is 0 Å². The zero-order valence-corrected chi connectivity index (χ0v) is 23.0. The molecule has 0 bridgehead atoms. The van der Waals surface area contributed by atoms with E-state index in [4.69, 9.17) is 9.47 Å². The summed E-state index contributed by atoms with van der Waals surface area (Å²) in [4.78, 5) is 49.8. The third-order valence-corrected chi connectivity index (χ3v) is 8.55. The van der Waals surface area contributed by atoms with Crippen molar-refractivity contribution in [3.8, 4) is 11.1 Å². The minimum Gasteiger partial charge on any atom is -0.454 e. The van der Waals surface area contributed by atoms with Gasteiger partial charge in [-0.2, -0.15) is 0 Å². The van der Waals surface area contributed by atoms with Gasteiger partial charge in [-0.1, -0.05) is 71.8 Å². The second kappa shape index (κ2) is 10.9. The Labute approximate surface area is 236 Å². The van der Waals surface area contributed by atoms with E-state index in [1.54, 1.807) is 48.5 Å². The highest BCUT2D eigenvalue weighted by Gasteiger charge is 2.34. The standard InChI is InChI=1S/C32H24O8S/c1-19-3-7-21(8-4-19)27(33)17-39-31(35)23-11-13-25-26-14-12-24(16-30(26)41(37,38)29(25)15-23)32(36)40-18-28(34)22-9-5-20(2)6-10-22/h3-16H,17-18H2,1-2H3. The molecule has 8 nitrogen and oxygen atoms in total. The predicted molar refractivity (Wildman–Crippen MR) is 149 cm³/mol. The number of Topliss-reactive ketones (excluding diaryl/α,β-unsaturated/α-hetero) is 2. The molecule has 0 spiro atoms. The van der Waals surface area contributed by atoms with Crippen LogP contribution in [0.5, 0.6) is 0 Å². The number of carbonyl (C=O) groups excluding carboxylic acids is 4. The van der Waals surface area contributed by atoms with Crippen LogP contribution >= 0.6 is 0 Å². The Morgan fingerprint density at radius 1 is 0.537 bits per heavy atom. The summed E-state index contributed by atoms with van der Waals surface area (Å²) in [5.41, 5.74) is 3.40. The molecule has 0 saturated heterocycles. The maximum absolute atomic E-state index is 13.4. The molecule has 0 aromatic heterocycles. The first-order chi connectivity index (χ1) is 19.5. The van der Waals surface area contributed by atoms with E-state index in [-0.39, 0.29) is 32.5 Å². The van der Waals surface area contributed by atoms with Gasteiger partial charge in [-0.3, -0.25) is 9.59 Å². The van der Waals surface area contributed by atoms with Crippen LogP contribution in [0.4, 0.5) is 0 Å². The predicted octanol–water partition coefficient (Wildman–Crippen LogP) is 5.20. The summed E-state index contributed by atoms with van der Waals surface area (Å²) >= 11 is 0. The lowest BCUT2D eigenvalue weighted by molar-refractivity contribution is 0.0472. The molecule has 0 unspecified atom stereocenters. The third-order valence-electron chi connectivity index (χ3n) is 6.72. The zero-order chi connectivity index (χ0) is 29.3. The lowest BCUT2D eigenvalue weighted by Crippen LogP contribution is -2.15. The zero-order valence-electron chi connectivity index (χ0n) is 22.2. The fraction of sp³-hybridized carbons (Fsp3) is 0.125. The number of sulfone groups is 1. The number of carbonyl (C=O) groups is 4. The fourth-order valence-corrected chi connectivity index (χ4v) is 6.12. The highest BCUT2D eigenvalue weighted by atomic mass is 32.2. The summed E-state index contributed by atoms with van der Waals surface area (Å²) in [6, 6.07) is 21.8. The van der Waals surface area contributed by atoms with Crippen molar-refractivity contribution in [3.63, 3.8) is 0 Å². The first-order valence-corrected chi connectivity index (χ1v) is 14.1. The molecule has 0 radical (unpaired) electrons. The minimum absolute atomic E-state index is 0.0360. The second-order valence-electron chi connectivity index (χ2n) is 9.66.